The highest BCUT2D eigenvalue weighted by Crippen LogP contribution is 2.24. The van der Waals surface area contributed by atoms with Crippen LogP contribution >= 0.6 is 23.4 Å². The van der Waals surface area contributed by atoms with Gasteiger partial charge in [-0.15, -0.1) is 11.8 Å². The van der Waals surface area contributed by atoms with Crippen LogP contribution in [0, 0.1) is 0 Å². The molecule has 6 heteroatoms. The molecule has 2 amide bonds. The standard InChI is InChI=1S/C18H19ClN2O2S/c1-21(18(23)11-13-7-9-14(19)10-8-13)12-17(22)20-15-5-3-4-6-16(15)24-2/h3-10H,11-12H2,1-2H3,(H,20,22). The lowest BCUT2D eigenvalue weighted by molar-refractivity contribution is -0.132. The number of benzene rings is 2. The van der Waals surface area contributed by atoms with Gasteiger partial charge >= 0.3 is 0 Å². The second kappa shape index (κ2) is 8.76. The maximum atomic E-state index is 12.2. The van der Waals surface area contributed by atoms with Crippen molar-refractivity contribution >= 4 is 40.9 Å². The van der Waals surface area contributed by atoms with E-state index in [4.69, 9.17) is 11.6 Å². The molecule has 0 aliphatic heterocycles. The zero-order valence-electron chi connectivity index (χ0n) is 13.6. The highest BCUT2D eigenvalue weighted by Gasteiger charge is 2.14. The minimum Gasteiger partial charge on any atom is -0.336 e. The molecular weight excluding hydrogens is 344 g/mol. The van der Waals surface area contributed by atoms with Crippen LogP contribution in [0.4, 0.5) is 5.69 Å². The summed E-state index contributed by atoms with van der Waals surface area (Å²) in [6, 6.07) is 14.7. The lowest BCUT2D eigenvalue weighted by atomic mass is 10.1. The SMILES string of the molecule is CSc1ccccc1NC(=O)CN(C)C(=O)Cc1ccc(Cl)cc1. The van der Waals surface area contributed by atoms with Crippen molar-refractivity contribution in [3.8, 4) is 0 Å². The number of hydrogen-bond donors (Lipinski definition) is 1. The summed E-state index contributed by atoms with van der Waals surface area (Å²) in [4.78, 5) is 26.8. The second-order valence-corrected chi connectivity index (χ2v) is 6.59. The Bertz CT molecular complexity index is 719. The second-order valence-electron chi connectivity index (χ2n) is 5.30. The molecule has 2 aromatic rings. The Morgan fingerprint density at radius 1 is 1.12 bits per heavy atom. The first-order chi connectivity index (χ1) is 11.5. The Morgan fingerprint density at radius 3 is 2.46 bits per heavy atom. The van der Waals surface area contributed by atoms with Crippen molar-refractivity contribution in [1.82, 2.24) is 4.90 Å². The number of carbonyl (C=O) groups is 2. The van der Waals surface area contributed by atoms with Crippen molar-refractivity contribution in [2.45, 2.75) is 11.3 Å². The molecule has 0 aliphatic rings. The van der Waals surface area contributed by atoms with Crippen LogP contribution in [0.25, 0.3) is 0 Å². The van der Waals surface area contributed by atoms with Crippen LogP contribution < -0.4 is 5.32 Å². The van der Waals surface area contributed by atoms with E-state index in [2.05, 4.69) is 5.32 Å². The molecule has 2 rings (SSSR count). The van der Waals surface area contributed by atoms with Crippen LogP contribution in [-0.4, -0.2) is 36.6 Å². The van der Waals surface area contributed by atoms with E-state index in [1.165, 1.54) is 4.90 Å². The zero-order valence-corrected chi connectivity index (χ0v) is 15.2. The molecule has 0 spiro atoms. The van der Waals surface area contributed by atoms with E-state index < -0.39 is 0 Å². The summed E-state index contributed by atoms with van der Waals surface area (Å²) >= 11 is 7.39. The number of halogens is 1. The fraction of sp³-hybridized carbons (Fsp3) is 0.222. The van der Waals surface area contributed by atoms with E-state index in [9.17, 15) is 9.59 Å². The van der Waals surface area contributed by atoms with Gasteiger partial charge in [0.15, 0.2) is 0 Å². The number of amides is 2. The molecule has 0 heterocycles. The fourth-order valence-electron chi connectivity index (χ4n) is 2.15. The van der Waals surface area contributed by atoms with Crippen molar-refractivity contribution < 1.29 is 9.59 Å². The van der Waals surface area contributed by atoms with Gasteiger partial charge in [0.25, 0.3) is 0 Å². The summed E-state index contributed by atoms with van der Waals surface area (Å²) in [5, 5.41) is 3.48. The number of nitrogens with zero attached hydrogens (tertiary/aromatic N) is 1. The molecule has 24 heavy (non-hydrogen) atoms. The molecule has 0 radical (unpaired) electrons. The van der Waals surface area contributed by atoms with Gasteiger partial charge in [0.1, 0.15) is 0 Å². The van der Waals surface area contributed by atoms with E-state index >= 15 is 0 Å². The Hall–Kier alpha value is -1.98. The molecule has 0 bridgehead atoms. The van der Waals surface area contributed by atoms with Crippen LogP contribution in [0.2, 0.25) is 5.02 Å². The van der Waals surface area contributed by atoms with Crippen molar-refractivity contribution in [1.29, 1.82) is 0 Å². The van der Waals surface area contributed by atoms with Crippen LogP contribution in [0.3, 0.4) is 0 Å². The topological polar surface area (TPSA) is 49.4 Å². The van der Waals surface area contributed by atoms with E-state index in [0.29, 0.717) is 5.02 Å². The fourth-order valence-corrected chi connectivity index (χ4v) is 2.83. The molecule has 4 nitrogen and oxygen atoms in total. The third-order valence-corrected chi connectivity index (χ3v) is 4.50. The molecule has 1 N–H and O–H groups in total. The van der Waals surface area contributed by atoms with Crippen molar-refractivity contribution in [2.75, 3.05) is 25.2 Å². The van der Waals surface area contributed by atoms with Gasteiger partial charge in [-0.25, -0.2) is 0 Å². The van der Waals surface area contributed by atoms with Crippen LogP contribution in [0.1, 0.15) is 5.56 Å². The average Bonchev–Trinajstić information content (AvgIpc) is 2.57. The maximum Gasteiger partial charge on any atom is 0.244 e. The molecule has 0 saturated carbocycles. The van der Waals surface area contributed by atoms with Gasteiger partial charge in [-0.1, -0.05) is 35.9 Å². The molecular formula is C18H19ClN2O2S. The molecule has 0 saturated heterocycles. The number of carbonyl (C=O) groups excluding carboxylic acids is 2. The first-order valence-corrected chi connectivity index (χ1v) is 9.01. The Balaban J connectivity index is 1.90. The van der Waals surface area contributed by atoms with Crippen molar-refractivity contribution in [3.05, 3.63) is 59.1 Å². The summed E-state index contributed by atoms with van der Waals surface area (Å²) in [6.45, 7) is 0.00907. The molecule has 0 aliphatic carbocycles. The third-order valence-electron chi connectivity index (χ3n) is 3.46. The minimum absolute atomic E-state index is 0.00907. The van der Waals surface area contributed by atoms with E-state index in [1.54, 1.807) is 30.9 Å². The maximum absolute atomic E-state index is 12.2. The zero-order chi connectivity index (χ0) is 17.5. The van der Waals surface area contributed by atoms with Gasteiger partial charge in [0.2, 0.25) is 11.8 Å². The number of rotatable bonds is 6. The number of likely N-dealkylation sites (N-methyl/N-ethyl adjacent to an activating group) is 1. The van der Waals surface area contributed by atoms with Gasteiger partial charge in [-0.3, -0.25) is 9.59 Å². The summed E-state index contributed by atoms with van der Waals surface area (Å²) in [5.74, 6) is -0.339. The number of anilines is 1. The largest absolute Gasteiger partial charge is 0.336 e. The quantitative estimate of drug-likeness (QED) is 0.797. The predicted molar refractivity (Wildman–Crippen MR) is 99.6 cm³/mol. The monoisotopic (exact) mass is 362 g/mol. The normalized spacial score (nSPS) is 10.3. The average molecular weight is 363 g/mol. The summed E-state index contributed by atoms with van der Waals surface area (Å²) in [7, 11) is 1.62. The first-order valence-electron chi connectivity index (χ1n) is 7.41. The summed E-state index contributed by atoms with van der Waals surface area (Å²) in [6.07, 6.45) is 2.19. The number of thioether (sulfide) groups is 1. The molecule has 0 fully saturated rings. The minimum atomic E-state index is -0.219. The molecule has 0 unspecified atom stereocenters. The highest BCUT2D eigenvalue weighted by molar-refractivity contribution is 7.98. The number of para-hydroxylation sites is 1. The van der Waals surface area contributed by atoms with Crippen molar-refractivity contribution in [2.24, 2.45) is 0 Å². The van der Waals surface area contributed by atoms with Gasteiger partial charge in [-0.2, -0.15) is 0 Å². The van der Waals surface area contributed by atoms with Gasteiger partial charge < -0.3 is 10.2 Å². The smallest absolute Gasteiger partial charge is 0.244 e. The van der Waals surface area contributed by atoms with Crippen molar-refractivity contribution in [3.63, 3.8) is 0 Å². The lowest BCUT2D eigenvalue weighted by Gasteiger charge is -2.17. The summed E-state index contributed by atoms with van der Waals surface area (Å²) in [5.41, 5.74) is 1.62. The Labute approximate surface area is 151 Å². The lowest BCUT2D eigenvalue weighted by Crippen LogP contribution is -2.35. The van der Waals surface area contributed by atoms with E-state index in [-0.39, 0.29) is 24.8 Å². The predicted octanol–water partition coefficient (Wildman–Crippen LogP) is 3.70. The van der Waals surface area contributed by atoms with E-state index in [1.807, 2.05) is 42.7 Å². The van der Waals surface area contributed by atoms with Gasteiger partial charge in [0.05, 0.1) is 18.7 Å². The Kier molecular flexibility index (Phi) is 6.70. The van der Waals surface area contributed by atoms with Gasteiger partial charge in [-0.05, 0) is 36.1 Å². The van der Waals surface area contributed by atoms with Gasteiger partial charge in [0, 0.05) is 17.0 Å². The first kappa shape index (κ1) is 18.4. The van der Waals surface area contributed by atoms with Crippen LogP contribution in [-0.2, 0) is 16.0 Å². The van der Waals surface area contributed by atoms with Crippen LogP contribution in [0.15, 0.2) is 53.4 Å². The number of hydrogen-bond acceptors (Lipinski definition) is 3. The van der Waals surface area contributed by atoms with Crippen LogP contribution in [0.5, 0.6) is 0 Å². The highest BCUT2D eigenvalue weighted by atomic mass is 35.5. The molecule has 0 aromatic heterocycles. The summed E-state index contributed by atoms with van der Waals surface area (Å²) < 4.78 is 0. The Morgan fingerprint density at radius 2 is 1.79 bits per heavy atom. The van der Waals surface area contributed by atoms with E-state index in [0.717, 1.165) is 16.1 Å². The molecule has 2 aromatic carbocycles. The molecule has 0 atom stereocenters. The third kappa shape index (κ3) is 5.28. The molecule has 126 valence electrons. The number of nitrogens with one attached hydrogen (secondary N) is 1.